The minimum atomic E-state index is -0.337. The van der Waals surface area contributed by atoms with E-state index in [1.54, 1.807) is 7.05 Å². The Hall–Kier alpha value is -1.59. The summed E-state index contributed by atoms with van der Waals surface area (Å²) in [6.45, 7) is 1.56. The zero-order chi connectivity index (χ0) is 12.3. The fraction of sp³-hybridized carbons (Fsp3) is 0.417. The van der Waals surface area contributed by atoms with Gasteiger partial charge in [0.15, 0.2) is 5.58 Å². The SMILES string of the molecule is Cn1c(=O)oc2ccc(CCNCCO)cc21. The number of nitrogens with zero attached hydrogens (tertiary/aromatic N) is 1. The molecule has 0 bridgehead atoms. The van der Waals surface area contributed by atoms with Crippen LogP contribution >= 0.6 is 0 Å². The molecule has 1 aromatic heterocycles. The van der Waals surface area contributed by atoms with Crippen molar-refractivity contribution < 1.29 is 9.52 Å². The second-order valence-electron chi connectivity index (χ2n) is 3.95. The van der Waals surface area contributed by atoms with Gasteiger partial charge in [-0.25, -0.2) is 4.79 Å². The standard InChI is InChI=1S/C12H16N2O3/c1-14-10-8-9(4-5-13-6-7-15)2-3-11(10)17-12(14)16/h2-3,8,13,15H,4-7H2,1H3. The molecular weight excluding hydrogens is 220 g/mol. The highest BCUT2D eigenvalue weighted by atomic mass is 16.4. The molecule has 2 N–H and O–H groups in total. The molecule has 0 aliphatic heterocycles. The summed E-state index contributed by atoms with van der Waals surface area (Å²) in [5, 5.41) is 11.7. The molecular formula is C12H16N2O3. The molecule has 92 valence electrons. The molecule has 0 saturated heterocycles. The van der Waals surface area contributed by atoms with Crippen LogP contribution in [0.1, 0.15) is 5.56 Å². The lowest BCUT2D eigenvalue weighted by Gasteiger charge is -2.03. The number of aromatic nitrogens is 1. The van der Waals surface area contributed by atoms with E-state index in [0.29, 0.717) is 12.1 Å². The number of aliphatic hydroxyl groups is 1. The number of hydrogen-bond acceptors (Lipinski definition) is 4. The van der Waals surface area contributed by atoms with Gasteiger partial charge < -0.3 is 14.8 Å². The van der Waals surface area contributed by atoms with Crippen molar-refractivity contribution in [3.8, 4) is 0 Å². The first-order chi connectivity index (χ1) is 8.22. The van der Waals surface area contributed by atoms with E-state index < -0.39 is 0 Å². The zero-order valence-corrected chi connectivity index (χ0v) is 9.77. The molecule has 0 aliphatic carbocycles. The highest BCUT2D eigenvalue weighted by Gasteiger charge is 2.05. The molecule has 5 nitrogen and oxygen atoms in total. The third-order valence-electron chi connectivity index (χ3n) is 2.73. The van der Waals surface area contributed by atoms with E-state index in [0.717, 1.165) is 24.0 Å². The number of oxazole rings is 1. The summed E-state index contributed by atoms with van der Waals surface area (Å²) < 4.78 is 6.56. The molecule has 17 heavy (non-hydrogen) atoms. The summed E-state index contributed by atoms with van der Waals surface area (Å²) in [4.78, 5) is 11.3. The van der Waals surface area contributed by atoms with Gasteiger partial charge in [0.05, 0.1) is 12.1 Å². The van der Waals surface area contributed by atoms with Crippen molar-refractivity contribution in [3.63, 3.8) is 0 Å². The van der Waals surface area contributed by atoms with Crippen molar-refractivity contribution in [2.45, 2.75) is 6.42 Å². The summed E-state index contributed by atoms with van der Waals surface area (Å²) in [7, 11) is 1.70. The van der Waals surface area contributed by atoms with Crippen molar-refractivity contribution >= 4 is 11.1 Å². The molecule has 5 heteroatoms. The lowest BCUT2D eigenvalue weighted by Crippen LogP contribution is -2.20. The second kappa shape index (κ2) is 5.16. The molecule has 0 radical (unpaired) electrons. The first kappa shape index (κ1) is 11.9. The maximum Gasteiger partial charge on any atom is 0.419 e. The van der Waals surface area contributed by atoms with Gasteiger partial charge in [0.25, 0.3) is 0 Å². The first-order valence-electron chi connectivity index (χ1n) is 5.62. The summed E-state index contributed by atoms with van der Waals surface area (Å²) in [6.07, 6.45) is 0.856. The molecule has 0 atom stereocenters. The van der Waals surface area contributed by atoms with Gasteiger partial charge in [0.2, 0.25) is 0 Å². The van der Waals surface area contributed by atoms with Crippen LogP contribution in [0.5, 0.6) is 0 Å². The number of benzene rings is 1. The molecule has 0 aliphatic rings. The first-order valence-corrected chi connectivity index (χ1v) is 5.62. The minimum absolute atomic E-state index is 0.148. The van der Waals surface area contributed by atoms with Crippen molar-refractivity contribution in [3.05, 3.63) is 34.3 Å². The van der Waals surface area contributed by atoms with Gasteiger partial charge in [-0.05, 0) is 30.7 Å². The topological polar surface area (TPSA) is 67.4 Å². The van der Waals surface area contributed by atoms with E-state index >= 15 is 0 Å². The van der Waals surface area contributed by atoms with E-state index in [2.05, 4.69) is 5.32 Å². The predicted octanol–water partition coefficient (Wildman–Crippen LogP) is 0.256. The van der Waals surface area contributed by atoms with E-state index in [9.17, 15) is 4.79 Å². The number of fused-ring (bicyclic) bond motifs is 1. The average Bonchev–Trinajstić information content (AvgIpc) is 2.61. The molecule has 2 rings (SSSR count). The van der Waals surface area contributed by atoms with Crippen LogP contribution in [0.3, 0.4) is 0 Å². The van der Waals surface area contributed by atoms with E-state index in [1.807, 2.05) is 18.2 Å². The maximum absolute atomic E-state index is 11.3. The van der Waals surface area contributed by atoms with Gasteiger partial charge in [0.1, 0.15) is 0 Å². The molecule has 2 aromatic rings. The van der Waals surface area contributed by atoms with Crippen LogP contribution in [-0.4, -0.2) is 29.4 Å². The third kappa shape index (κ3) is 2.57. The molecule has 0 amide bonds. The monoisotopic (exact) mass is 236 g/mol. The highest BCUT2D eigenvalue weighted by Crippen LogP contribution is 2.14. The Labute approximate surface area is 98.7 Å². The number of hydrogen-bond donors (Lipinski definition) is 2. The summed E-state index contributed by atoms with van der Waals surface area (Å²) >= 11 is 0. The summed E-state index contributed by atoms with van der Waals surface area (Å²) in [5.41, 5.74) is 2.57. The third-order valence-corrected chi connectivity index (χ3v) is 2.73. The Kier molecular flexibility index (Phi) is 3.61. The fourth-order valence-electron chi connectivity index (χ4n) is 1.76. The molecule has 0 spiro atoms. The average molecular weight is 236 g/mol. The fourth-order valence-corrected chi connectivity index (χ4v) is 1.76. The lowest BCUT2D eigenvalue weighted by molar-refractivity contribution is 0.293. The van der Waals surface area contributed by atoms with Gasteiger partial charge in [0, 0.05) is 13.6 Å². The minimum Gasteiger partial charge on any atom is -0.408 e. The van der Waals surface area contributed by atoms with Crippen LogP contribution in [0.2, 0.25) is 0 Å². The maximum atomic E-state index is 11.3. The van der Waals surface area contributed by atoms with E-state index in [4.69, 9.17) is 9.52 Å². The van der Waals surface area contributed by atoms with Crippen molar-refractivity contribution in [2.24, 2.45) is 7.05 Å². The lowest BCUT2D eigenvalue weighted by atomic mass is 10.1. The predicted molar refractivity (Wildman–Crippen MR) is 65.1 cm³/mol. The van der Waals surface area contributed by atoms with Gasteiger partial charge in [-0.3, -0.25) is 4.57 Å². The number of rotatable bonds is 5. The molecule has 0 fully saturated rings. The van der Waals surface area contributed by atoms with Crippen LogP contribution in [-0.2, 0) is 13.5 Å². The van der Waals surface area contributed by atoms with Crippen LogP contribution in [0, 0.1) is 0 Å². The normalized spacial score (nSPS) is 11.2. The second-order valence-corrected chi connectivity index (χ2v) is 3.95. The quantitative estimate of drug-likeness (QED) is 0.731. The van der Waals surface area contributed by atoms with E-state index in [-0.39, 0.29) is 12.4 Å². The Morgan fingerprint density at radius 2 is 2.24 bits per heavy atom. The van der Waals surface area contributed by atoms with Crippen LogP contribution in [0.15, 0.2) is 27.4 Å². The van der Waals surface area contributed by atoms with Gasteiger partial charge in [-0.15, -0.1) is 0 Å². The van der Waals surface area contributed by atoms with Gasteiger partial charge in [-0.1, -0.05) is 6.07 Å². The van der Waals surface area contributed by atoms with Crippen molar-refractivity contribution in [1.82, 2.24) is 9.88 Å². The Morgan fingerprint density at radius 3 is 3.00 bits per heavy atom. The van der Waals surface area contributed by atoms with Crippen LogP contribution in [0.25, 0.3) is 11.1 Å². The van der Waals surface area contributed by atoms with Crippen LogP contribution < -0.4 is 11.1 Å². The largest absolute Gasteiger partial charge is 0.419 e. The van der Waals surface area contributed by atoms with Gasteiger partial charge >= 0.3 is 5.76 Å². The highest BCUT2D eigenvalue weighted by molar-refractivity contribution is 5.73. The molecule has 0 saturated carbocycles. The number of aliphatic hydroxyl groups excluding tert-OH is 1. The molecule has 1 aromatic carbocycles. The number of aryl methyl sites for hydroxylation is 1. The molecule has 1 heterocycles. The smallest absolute Gasteiger partial charge is 0.408 e. The zero-order valence-electron chi connectivity index (χ0n) is 9.77. The Morgan fingerprint density at radius 1 is 1.41 bits per heavy atom. The van der Waals surface area contributed by atoms with Gasteiger partial charge in [-0.2, -0.15) is 0 Å². The van der Waals surface area contributed by atoms with Crippen molar-refractivity contribution in [1.29, 1.82) is 0 Å². The van der Waals surface area contributed by atoms with Crippen LogP contribution in [0.4, 0.5) is 0 Å². The summed E-state index contributed by atoms with van der Waals surface area (Å²) in [6, 6.07) is 5.73. The Balaban J connectivity index is 2.14. The van der Waals surface area contributed by atoms with Crippen molar-refractivity contribution in [2.75, 3.05) is 19.7 Å². The Bertz CT molecular complexity index is 556. The van der Waals surface area contributed by atoms with E-state index in [1.165, 1.54) is 4.57 Å². The number of nitrogens with one attached hydrogen (secondary N) is 1. The molecule has 0 unspecified atom stereocenters. The summed E-state index contributed by atoms with van der Waals surface area (Å²) in [5.74, 6) is -0.337.